The molecule has 0 radical (unpaired) electrons. The molecule has 0 aliphatic carbocycles. The van der Waals surface area contributed by atoms with Crippen LogP contribution in [-0.2, 0) is 10.1 Å². The number of hydrogen-bond donors (Lipinski definition) is 3. The monoisotopic (exact) mass is 441 g/mol. The number of aromatic nitrogens is 1. The summed E-state index contributed by atoms with van der Waals surface area (Å²) in [6, 6.07) is 13.2. The molecule has 0 aliphatic heterocycles. The second-order valence-corrected chi connectivity index (χ2v) is 8.15. The number of hydrazone groups is 1. The average Bonchev–Trinajstić information content (AvgIpc) is 3.05. The fourth-order valence-corrected chi connectivity index (χ4v) is 3.52. The van der Waals surface area contributed by atoms with Crippen LogP contribution in [0, 0.1) is 13.8 Å². The van der Waals surface area contributed by atoms with Crippen LogP contribution in [0.15, 0.2) is 64.6 Å². The summed E-state index contributed by atoms with van der Waals surface area (Å²) in [6.07, 6.45) is 1.30. The molecule has 0 saturated carbocycles. The molecule has 0 bridgehead atoms. The second-order valence-electron chi connectivity index (χ2n) is 6.73. The molecular formula is C21H19N3O6S. The third-order valence-electron chi connectivity index (χ3n) is 4.56. The first-order chi connectivity index (χ1) is 14.6. The van der Waals surface area contributed by atoms with Gasteiger partial charge in [0.05, 0.1) is 22.4 Å². The molecule has 2 aromatic carbocycles. The van der Waals surface area contributed by atoms with E-state index in [-0.39, 0.29) is 16.0 Å². The van der Waals surface area contributed by atoms with Gasteiger partial charge < -0.3 is 9.67 Å². The number of aromatic carboxylic acids is 1. The molecule has 1 aromatic heterocycles. The lowest BCUT2D eigenvalue weighted by atomic mass is 10.1. The van der Waals surface area contributed by atoms with Crippen molar-refractivity contribution in [1.82, 2.24) is 9.99 Å². The van der Waals surface area contributed by atoms with Gasteiger partial charge >= 0.3 is 5.97 Å². The average molecular weight is 441 g/mol. The highest BCUT2D eigenvalue weighted by molar-refractivity contribution is 7.85. The lowest BCUT2D eigenvalue weighted by Crippen LogP contribution is -2.19. The van der Waals surface area contributed by atoms with Crippen molar-refractivity contribution in [3.63, 3.8) is 0 Å². The molecule has 1 heterocycles. The minimum Gasteiger partial charge on any atom is -0.478 e. The maximum Gasteiger partial charge on any atom is 0.337 e. The van der Waals surface area contributed by atoms with E-state index in [0.717, 1.165) is 11.4 Å². The summed E-state index contributed by atoms with van der Waals surface area (Å²) in [5.74, 6) is -1.66. The van der Waals surface area contributed by atoms with Crippen molar-refractivity contribution in [3.8, 4) is 5.69 Å². The van der Waals surface area contributed by atoms with Gasteiger partial charge in [0.1, 0.15) is 0 Å². The van der Waals surface area contributed by atoms with E-state index in [1.54, 1.807) is 4.57 Å². The van der Waals surface area contributed by atoms with Gasteiger partial charge in [-0.3, -0.25) is 9.35 Å². The van der Waals surface area contributed by atoms with E-state index in [2.05, 4.69) is 10.5 Å². The van der Waals surface area contributed by atoms with Crippen LogP contribution in [0.4, 0.5) is 0 Å². The molecule has 3 aromatic rings. The molecule has 0 aliphatic rings. The van der Waals surface area contributed by atoms with Crippen LogP contribution in [0.2, 0.25) is 0 Å². The standard InChI is InChI=1S/C21H19N3O6S/c1-13-3-4-14(2)24(13)19-11-16(7-10-18(19)21(26)27)20(25)23-22-12-15-5-8-17(9-6-15)31(28,29)30/h3-12H,1-2H3,(H,23,25)(H,26,27)(H,28,29,30)/b22-12-. The number of rotatable bonds is 6. The van der Waals surface area contributed by atoms with E-state index >= 15 is 0 Å². The second kappa shape index (κ2) is 8.54. The molecule has 0 spiro atoms. The van der Waals surface area contributed by atoms with Crippen molar-refractivity contribution in [1.29, 1.82) is 0 Å². The summed E-state index contributed by atoms with van der Waals surface area (Å²) < 4.78 is 32.8. The first-order valence-electron chi connectivity index (χ1n) is 9.01. The summed E-state index contributed by atoms with van der Waals surface area (Å²) in [4.78, 5) is 23.9. The minimum absolute atomic E-state index is 0.0568. The number of carboxylic acid groups (broad SMARTS) is 1. The van der Waals surface area contributed by atoms with Gasteiger partial charge in [-0.1, -0.05) is 12.1 Å². The number of aryl methyl sites for hydroxylation is 2. The zero-order valence-corrected chi connectivity index (χ0v) is 17.4. The highest BCUT2D eigenvalue weighted by Crippen LogP contribution is 2.22. The number of carbonyl (C=O) groups is 2. The van der Waals surface area contributed by atoms with Crippen LogP contribution < -0.4 is 5.43 Å². The summed E-state index contributed by atoms with van der Waals surface area (Å²) in [5, 5.41) is 13.4. The Morgan fingerprint density at radius 3 is 2.16 bits per heavy atom. The van der Waals surface area contributed by atoms with Gasteiger partial charge in [-0.25, -0.2) is 10.2 Å². The molecule has 160 valence electrons. The van der Waals surface area contributed by atoms with E-state index in [4.69, 9.17) is 4.55 Å². The van der Waals surface area contributed by atoms with Gasteiger partial charge in [0.15, 0.2) is 0 Å². The number of hydrogen-bond acceptors (Lipinski definition) is 5. The highest BCUT2D eigenvalue weighted by atomic mass is 32.2. The Kier molecular flexibility index (Phi) is 6.04. The molecular weight excluding hydrogens is 422 g/mol. The van der Waals surface area contributed by atoms with Gasteiger partial charge in [-0.15, -0.1) is 0 Å². The number of nitrogens with zero attached hydrogens (tertiary/aromatic N) is 2. The third kappa shape index (κ3) is 4.87. The molecule has 0 saturated heterocycles. The van der Waals surface area contributed by atoms with Crippen LogP contribution in [0.25, 0.3) is 5.69 Å². The van der Waals surface area contributed by atoms with Crippen molar-refractivity contribution in [2.45, 2.75) is 18.7 Å². The van der Waals surface area contributed by atoms with Crippen molar-refractivity contribution in [2.24, 2.45) is 5.10 Å². The fraction of sp³-hybridized carbons (Fsp3) is 0.0952. The Bertz CT molecular complexity index is 1270. The topological polar surface area (TPSA) is 138 Å². The lowest BCUT2D eigenvalue weighted by molar-refractivity contribution is 0.0696. The molecule has 0 unspecified atom stereocenters. The van der Waals surface area contributed by atoms with Crippen LogP contribution >= 0.6 is 0 Å². The third-order valence-corrected chi connectivity index (χ3v) is 5.43. The zero-order chi connectivity index (χ0) is 22.8. The first-order valence-corrected chi connectivity index (χ1v) is 10.5. The lowest BCUT2D eigenvalue weighted by Gasteiger charge is -2.14. The molecule has 0 atom stereocenters. The number of benzene rings is 2. The van der Waals surface area contributed by atoms with E-state index < -0.39 is 22.0 Å². The Hall–Kier alpha value is -3.76. The Labute approximate surface area is 178 Å². The maximum absolute atomic E-state index is 12.5. The van der Waals surface area contributed by atoms with E-state index in [1.807, 2.05) is 26.0 Å². The molecule has 0 fully saturated rings. The summed E-state index contributed by atoms with van der Waals surface area (Å²) in [5.41, 5.74) is 5.13. The van der Waals surface area contributed by atoms with Crippen molar-refractivity contribution < 1.29 is 27.7 Å². The predicted molar refractivity (Wildman–Crippen MR) is 114 cm³/mol. The molecule has 3 N–H and O–H groups in total. The number of carbonyl (C=O) groups excluding carboxylic acids is 1. The summed E-state index contributed by atoms with van der Waals surface area (Å²) in [6.45, 7) is 3.67. The summed E-state index contributed by atoms with van der Waals surface area (Å²) >= 11 is 0. The fourth-order valence-electron chi connectivity index (χ4n) is 3.04. The van der Waals surface area contributed by atoms with E-state index in [1.165, 1.54) is 48.7 Å². The minimum atomic E-state index is -4.29. The summed E-state index contributed by atoms with van der Waals surface area (Å²) in [7, 11) is -4.29. The normalized spacial score (nSPS) is 11.6. The van der Waals surface area contributed by atoms with Gasteiger partial charge in [-0.05, 0) is 61.9 Å². The van der Waals surface area contributed by atoms with Gasteiger partial charge in [0.25, 0.3) is 16.0 Å². The van der Waals surface area contributed by atoms with Crippen LogP contribution in [-0.4, -0.2) is 40.7 Å². The van der Waals surface area contributed by atoms with Crippen LogP contribution in [0.1, 0.15) is 37.7 Å². The van der Waals surface area contributed by atoms with Crippen LogP contribution in [0.3, 0.4) is 0 Å². The number of amides is 1. The Morgan fingerprint density at radius 2 is 1.61 bits per heavy atom. The molecule has 9 nitrogen and oxygen atoms in total. The van der Waals surface area contributed by atoms with Crippen molar-refractivity contribution >= 4 is 28.2 Å². The SMILES string of the molecule is Cc1ccc(C)n1-c1cc(C(=O)N/N=C\c2ccc(S(=O)(=O)O)cc2)ccc1C(=O)O. The Morgan fingerprint density at radius 1 is 1.00 bits per heavy atom. The maximum atomic E-state index is 12.5. The van der Waals surface area contributed by atoms with E-state index in [9.17, 15) is 23.1 Å². The van der Waals surface area contributed by atoms with Crippen molar-refractivity contribution in [3.05, 3.63) is 82.7 Å². The molecule has 31 heavy (non-hydrogen) atoms. The largest absolute Gasteiger partial charge is 0.478 e. The Balaban J connectivity index is 1.83. The molecule has 1 amide bonds. The van der Waals surface area contributed by atoms with Crippen LogP contribution in [0.5, 0.6) is 0 Å². The van der Waals surface area contributed by atoms with Gasteiger partial charge in [0, 0.05) is 17.0 Å². The number of nitrogens with one attached hydrogen (secondary N) is 1. The van der Waals surface area contributed by atoms with Gasteiger partial charge in [0.2, 0.25) is 0 Å². The predicted octanol–water partition coefficient (Wildman–Crippen LogP) is 2.80. The molecule has 3 rings (SSSR count). The highest BCUT2D eigenvalue weighted by Gasteiger charge is 2.17. The smallest absolute Gasteiger partial charge is 0.337 e. The first kappa shape index (κ1) is 21.9. The quantitative estimate of drug-likeness (QED) is 0.305. The number of carboxylic acids is 1. The van der Waals surface area contributed by atoms with Gasteiger partial charge in [-0.2, -0.15) is 13.5 Å². The molecule has 10 heteroatoms. The van der Waals surface area contributed by atoms with E-state index in [0.29, 0.717) is 11.3 Å². The van der Waals surface area contributed by atoms with Crippen molar-refractivity contribution in [2.75, 3.05) is 0 Å². The zero-order valence-electron chi connectivity index (χ0n) is 16.6.